The second kappa shape index (κ2) is 5.88. The molecule has 0 aromatic carbocycles. The lowest BCUT2D eigenvalue weighted by molar-refractivity contribution is -0.275. The van der Waals surface area contributed by atoms with Crippen LogP contribution in [0.1, 0.15) is 22.5 Å². The maximum absolute atomic E-state index is 12.9. The van der Waals surface area contributed by atoms with Crippen molar-refractivity contribution in [3.8, 4) is 11.5 Å². The fourth-order valence-electron chi connectivity index (χ4n) is 1.36. The third kappa shape index (κ3) is 3.45. The van der Waals surface area contributed by atoms with Crippen molar-refractivity contribution >= 4 is 5.97 Å². The lowest BCUT2D eigenvalue weighted by Crippen LogP contribution is -2.19. The molecule has 10 heteroatoms. The monoisotopic (exact) mass is 301 g/mol. The topological polar surface area (TPSA) is 57.7 Å². The van der Waals surface area contributed by atoms with Gasteiger partial charge in [-0.15, -0.1) is 13.2 Å². The zero-order valence-electron chi connectivity index (χ0n) is 10.1. The van der Waals surface area contributed by atoms with Crippen molar-refractivity contribution in [2.75, 3.05) is 14.2 Å². The summed E-state index contributed by atoms with van der Waals surface area (Å²) in [4.78, 5) is 14.5. The third-order valence-electron chi connectivity index (χ3n) is 2.06. The van der Waals surface area contributed by atoms with E-state index in [0.717, 1.165) is 14.2 Å². The van der Waals surface area contributed by atoms with E-state index >= 15 is 0 Å². The Morgan fingerprint density at radius 2 is 1.90 bits per heavy atom. The van der Waals surface area contributed by atoms with Crippen LogP contribution in [-0.4, -0.2) is 31.5 Å². The summed E-state index contributed by atoms with van der Waals surface area (Å²) in [5, 5.41) is 0. The summed E-state index contributed by atoms with van der Waals surface area (Å²) < 4.78 is 74.4. The van der Waals surface area contributed by atoms with Crippen LogP contribution >= 0.6 is 0 Å². The molecule has 0 N–H and O–H groups in total. The summed E-state index contributed by atoms with van der Waals surface area (Å²) in [5.41, 5.74) is -1.99. The molecule has 112 valence electrons. The van der Waals surface area contributed by atoms with Crippen LogP contribution in [0.5, 0.6) is 11.5 Å². The van der Waals surface area contributed by atoms with Gasteiger partial charge in [0.2, 0.25) is 0 Å². The molecular weight excluding hydrogens is 293 g/mol. The van der Waals surface area contributed by atoms with Gasteiger partial charge in [0.1, 0.15) is 0 Å². The minimum absolute atomic E-state index is 0.449. The van der Waals surface area contributed by atoms with E-state index in [2.05, 4.69) is 19.2 Å². The number of nitrogens with zero attached hydrogens (tertiary/aromatic N) is 1. The van der Waals surface area contributed by atoms with Crippen LogP contribution in [0, 0.1) is 0 Å². The molecular formula is C10H8F5NO4. The molecule has 0 saturated carbocycles. The van der Waals surface area contributed by atoms with E-state index in [9.17, 15) is 26.7 Å². The Labute approximate surface area is 109 Å². The number of hydrogen-bond donors (Lipinski definition) is 0. The lowest BCUT2D eigenvalue weighted by Gasteiger charge is -2.16. The average molecular weight is 301 g/mol. The summed E-state index contributed by atoms with van der Waals surface area (Å²) in [7, 11) is 1.76. The largest absolute Gasteiger partial charge is 0.573 e. The van der Waals surface area contributed by atoms with Gasteiger partial charge in [-0.25, -0.2) is 18.6 Å². The zero-order valence-corrected chi connectivity index (χ0v) is 10.1. The number of hydrogen-bond acceptors (Lipinski definition) is 5. The number of esters is 1. The van der Waals surface area contributed by atoms with Gasteiger partial charge in [0, 0.05) is 0 Å². The molecule has 0 saturated heterocycles. The van der Waals surface area contributed by atoms with Gasteiger partial charge in [0.15, 0.2) is 17.2 Å². The molecule has 1 aromatic rings. The van der Waals surface area contributed by atoms with Crippen LogP contribution in [0.25, 0.3) is 0 Å². The van der Waals surface area contributed by atoms with E-state index in [1.807, 2.05) is 0 Å². The molecule has 0 atom stereocenters. The van der Waals surface area contributed by atoms with Crippen LogP contribution < -0.4 is 9.47 Å². The molecule has 0 aliphatic carbocycles. The van der Waals surface area contributed by atoms with Gasteiger partial charge in [0.05, 0.1) is 26.0 Å². The third-order valence-corrected chi connectivity index (χ3v) is 2.06. The molecule has 20 heavy (non-hydrogen) atoms. The van der Waals surface area contributed by atoms with Crippen molar-refractivity contribution < 1.29 is 41.0 Å². The maximum Gasteiger partial charge on any atom is 0.573 e. The van der Waals surface area contributed by atoms with Crippen LogP contribution in [0.3, 0.4) is 0 Å². The molecule has 1 aromatic heterocycles. The molecule has 0 aliphatic rings. The van der Waals surface area contributed by atoms with Gasteiger partial charge in [-0.3, -0.25) is 0 Å². The van der Waals surface area contributed by atoms with Crippen LogP contribution in [0.4, 0.5) is 22.0 Å². The van der Waals surface area contributed by atoms with Gasteiger partial charge in [-0.05, 0) is 0 Å². The Bertz CT molecular complexity index is 503. The summed E-state index contributed by atoms with van der Waals surface area (Å²) in [6, 6.07) is 0. The van der Waals surface area contributed by atoms with Crippen molar-refractivity contribution in [2.24, 2.45) is 0 Å². The van der Waals surface area contributed by atoms with Gasteiger partial charge in [-0.1, -0.05) is 0 Å². The van der Waals surface area contributed by atoms with E-state index in [1.54, 1.807) is 0 Å². The first-order valence-corrected chi connectivity index (χ1v) is 4.90. The highest BCUT2D eigenvalue weighted by Gasteiger charge is 2.36. The predicted octanol–water partition coefficient (Wildman–Crippen LogP) is 2.71. The first-order chi connectivity index (χ1) is 9.21. The van der Waals surface area contributed by atoms with Crippen LogP contribution in [0.2, 0.25) is 0 Å². The smallest absolute Gasteiger partial charge is 0.492 e. The van der Waals surface area contributed by atoms with E-state index < -0.39 is 41.5 Å². The van der Waals surface area contributed by atoms with Gasteiger partial charge >= 0.3 is 12.3 Å². The second-order valence-electron chi connectivity index (χ2n) is 3.26. The summed E-state index contributed by atoms with van der Waals surface area (Å²) in [5.74, 6) is -3.26. The Balaban J connectivity index is 3.45. The predicted molar refractivity (Wildman–Crippen MR) is 53.8 cm³/mol. The van der Waals surface area contributed by atoms with Gasteiger partial charge in [-0.2, -0.15) is 0 Å². The standard InChI is InChI=1S/C10H8F5NO4/c1-18-7-4(20-10(13,14)15)3-16-6(9(17)19-2)5(7)8(11)12/h3,8H,1-2H3. The summed E-state index contributed by atoms with van der Waals surface area (Å²) >= 11 is 0. The molecule has 0 radical (unpaired) electrons. The molecule has 0 aliphatic heterocycles. The number of rotatable bonds is 4. The maximum atomic E-state index is 12.9. The number of alkyl halides is 5. The molecule has 0 amide bonds. The van der Waals surface area contributed by atoms with Gasteiger partial charge < -0.3 is 14.2 Å². The fraction of sp³-hybridized carbons (Fsp3) is 0.400. The second-order valence-corrected chi connectivity index (χ2v) is 3.26. The highest BCUT2D eigenvalue weighted by atomic mass is 19.4. The Morgan fingerprint density at radius 1 is 1.30 bits per heavy atom. The molecule has 0 spiro atoms. The van der Waals surface area contributed by atoms with Crippen molar-refractivity contribution in [3.63, 3.8) is 0 Å². The molecule has 1 heterocycles. The van der Waals surface area contributed by atoms with Crippen molar-refractivity contribution in [1.29, 1.82) is 0 Å². The van der Waals surface area contributed by atoms with E-state index in [1.165, 1.54) is 0 Å². The van der Waals surface area contributed by atoms with Gasteiger partial charge in [0.25, 0.3) is 6.43 Å². The number of methoxy groups -OCH3 is 2. The highest BCUT2D eigenvalue weighted by molar-refractivity contribution is 5.90. The lowest BCUT2D eigenvalue weighted by atomic mass is 10.1. The SMILES string of the molecule is COC(=O)c1ncc(OC(F)(F)F)c(OC)c1C(F)F. The number of carbonyl (C=O) groups is 1. The first kappa shape index (κ1) is 15.9. The van der Waals surface area contributed by atoms with Crippen molar-refractivity contribution in [3.05, 3.63) is 17.5 Å². The van der Waals surface area contributed by atoms with Crippen molar-refractivity contribution in [1.82, 2.24) is 4.98 Å². The Morgan fingerprint density at radius 3 is 2.30 bits per heavy atom. The minimum atomic E-state index is -5.12. The fourth-order valence-corrected chi connectivity index (χ4v) is 1.36. The molecule has 1 rings (SSSR count). The quantitative estimate of drug-likeness (QED) is 0.632. The van der Waals surface area contributed by atoms with Crippen LogP contribution in [-0.2, 0) is 4.74 Å². The number of aromatic nitrogens is 1. The molecule has 0 fully saturated rings. The Kier molecular flexibility index (Phi) is 4.69. The van der Waals surface area contributed by atoms with E-state index in [-0.39, 0.29) is 0 Å². The number of carbonyl (C=O) groups excluding carboxylic acids is 1. The number of halogens is 5. The van der Waals surface area contributed by atoms with E-state index in [4.69, 9.17) is 0 Å². The summed E-state index contributed by atoms with van der Waals surface area (Å²) in [6.07, 6.45) is -7.99. The van der Waals surface area contributed by atoms with E-state index in [0.29, 0.717) is 6.20 Å². The van der Waals surface area contributed by atoms with Crippen LogP contribution in [0.15, 0.2) is 6.20 Å². The number of ether oxygens (including phenoxy) is 3. The van der Waals surface area contributed by atoms with Crippen molar-refractivity contribution in [2.45, 2.75) is 12.8 Å². The average Bonchev–Trinajstić information content (AvgIpc) is 2.35. The highest BCUT2D eigenvalue weighted by Crippen LogP contribution is 2.40. The molecule has 0 bridgehead atoms. The summed E-state index contributed by atoms with van der Waals surface area (Å²) in [6.45, 7) is 0. The number of pyridine rings is 1. The molecule has 5 nitrogen and oxygen atoms in total. The Hall–Kier alpha value is -2.13. The minimum Gasteiger partial charge on any atom is -0.492 e. The first-order valence-electron chi connectivity index (χ1n) is 4.90. The molecule has 0 unspecified atom stereocenters. The normalized spacial score (nSPS) is 11.4. The zero-order chi connectivity index (χ0) is 15.5.